The van der Waals surface area contributed by atoms with Gasteiger partial charge in [0.2, 0.25) is 5.75 Å². The first-order chi connectivity index (χ1) is 9.13. The molecule has 0 bridgehead atoms. The van der Waals surface area contributed by atoms with Gasteiger partial charge in [-0.1, -0.05) is 6.07 Å². The summed E-state index contributed by atoms with van der Waals surface area (Å²) in [6.07, 6.45) is -5.62. The van der Waals surface area contributed by atoms with Crippen LogP contribution in [-0.2, 0) is 0 Å². The van der Waals surface area contributed by atoms with Crippen LogP contribution in [0.4, 0.5) is 18.9 Å². The van der Waals surface area contributed by atoms with E-state index in [9.17, 15) is 33.2 Å². The van der Waals surface area contributed by atoms with Gasteiger partial charge in [-0.3, -0.25) is 14.9 Å². The molecule has 0 saturated heterocycles. The van der Waals surface area contributed by atoms with Gasteiger partial charge in [0, 0.05) is 19.7 Å². The minimum absolute atomic E-state index is 0.413. The van der Waals surface area contributed by atoms with E-state index in [-0.39, 0.29) is 0 Å². The maximum Gasteiger partial charge on any atom is 0.390 e. The summed E-state index contributed by atoms with van der Waals surface area (Å²) < 4.78 is 36.2. The normalized spacial score (nSPS) is 11.2. The Morgan fingerprint density at radius 1 is 1.45 bits per heavy atom. The maximum absolute atomic E-state index is 12.1. The molecule has 1 rings (SSSR count). The number of nitrogens with zero attached hydrogens (tertiary/aromatic N) is 2. The average Bonchev–Trinajstić information content (AvgIpc) is 2.34. The van der Waals surface area contributed by atoms with Crippen LogP contribution in [0, 0.1) is 10.1 Å². The van der Waals surface area contributed by atoms with E-state index in [2.05, 4.69) is 0 Å². The van der Waals surface area contributed by atoms with E-state index in [0.29, 0.717) is 0 Å². The van der Waals surface area contributed by atoms with E-state index in [4.69, 9.17) is 0 Å². The van der Waals surface area contributed by atoms with Crippen LogP contribution in [0.2, 0.25) is 0 Å². The van der Waals surface area contributed by atoms with Gasteiger partial charge in [0.1, 0.15) is 0 Å². The minimum atomic E-state index is -4.42. The zero-order chi connectivity index (χ0) is 15.5. The molecule has 110 valence electrons. The van der Waals surface area contributed by atoms with Crippen molar-refractivity contribution in [3.8, 4) is 5.75 Å². The van der Waals surface area contributed by atoms with Crippen LogP contribution in [0.5, 0.6) is 5.75 Å². The molecule has 0 aromatic heterocycles. The molecule has 20 heavy (non-hydrogen) atoms. The van der Waals surface area contributed by atoms with Crippen molar-refractivity contribution in [2.45, 2.75) is 12.6 Å². The predicted molar refractivity (Wildman–Crippen MR) is 62.4 cm³/mol. The molecule has 0 aliphatic rings. The number of para-hydroxylation sites is 1. The van der Waals surface area contributed by atoms with Gasteiger partial charge in [-0.25, -0.2) is 0 Å². The molecular formula is C11H11F3N2O4. The van der Waals surface area contributed by atoms with Gasteiger partial charge in [0.25, 0.3) is 5.91 Å². The number of aromatic hydroxyl groups is 1. The summed E-state index contributed by atoms with van der Waals surface area (Å²) in [5.74, 6) is -1.78. The van der Waals surface area contributed by atoms with Crippen LogP contribution in [0.1, 0.15) is 16.8 Å². The largest absolute Gasteiger partial charge is 0.502 e. The van der Waals surface area contributed by atoms with Crippen molar-refractivity contribution < 1.29 is 28.0 Å². The van der Waals surface area contributed by atoms with E-state index >= 15 is 0 Å². The number of hydrogen-bond acceptors (Lipinski definition) is 4. The van der Waals surface area contributed by atoms with Gasteiger partial charge >= 0.3 is 11.9 Å². The fourth-order valence-electron chi connectivity index (χ4n) is 1.45. The number of carbonyl (C=O) groups is 1. The molecule has 1 aromatic rings. The van der Waals surface area contributed by atoms with Gasteiger partial charge < -0.3 is 10.0 Å². The summed E-state index contributed by atoms with van der Waals surface area (Å²) in [7, 11) is 1.12. The summed E-state index contributed by atoms with van der Waals surface area (Å²) >= 11 is 0. The molecule has 6 nitrogen and oxygen atoms in total. The van der Waals surface area contributed by atoms with E-state index in [1.807, 2.05) is 0 Å². The number of alkyl halides is 3. The molecule has 0 unspecified atom stereocenters. The summed E-state index contributed by atoms with van der Waals surface area (Å²) in [6.45, 7) is -0.607. The van der Waals surface area contributed by atoms with Crippen LogP contribution in [0.3, 0.4) is 0 Å². The Morgan fingerprint density at radius 3 is 2.55 bits per heavy atom. The third-order valence-electron chi connectivity index (χ3n) is 2.52. The van der Waals surface area contributed by atoms with Gasteiger partial charge in [-0.15, -0.1) is 0 Å². The highest BCUT2D eigenvalue weighted by Crippen LogP contribution is 2.30. The summed E-state index contributed by atoms with van der Waals surface area (Å²) in [6, 6.07) is 3.26. The lowest BCUT2D eigenvalue weighted by Gasteiger charge is -2.18. The molecule has 0 spiro atoms. The number of hydrogen-bond donors (Lipinski definition) is 1. The van der Waals surface area contributed by atoms with Crippen LogP contribution < -0.4 is 0 Å². The first kappa shape index (κ1) is 15.7. The number of phenolic OH excluding ortho intramolecular Hbond substituents is 1. The molecule has 0 aliphatic heterocycles. The van der Waals surface area contributed by atoms with Crippen molar-refractivity contribution in [3.05, 3.63) is 33.9 Å². The van der Waals surface area contributed by atoms with Crippen molar-refractivity contribution in [2.75, 3.05) is 13.6 Å². The van der Waals surface area contributed by atoms with Gasteiger partial charge in [0.15, 0.2) is 0 Å². The second-order valence-corrected chi connectivity index (χ2v) is 4.02. The molecule has 0 radical (unpaired) electrons. The highest BCUT2D eigenvalue weighted by atomic mass is 19.4. The number of rotatable bonds is 4. The maximum atomic E-state index is 12.1. The number of carbonyl (C=O) groups excluding carboxylic acids is 1. The Balaban J connectivity index is 2.92. The molecule has 0 saturated carbocycles. The average molecular weight is 292 g/mol. The first-order valence-corrected chi connectivity index (χ1v) is 5.42. The lowest BCUT2D eigenvalue weighted by molar-refractivity contribution is -0.385. The highest BCUT2D eigenvalue weighted by molar-refractivity contribution is 5.97. The Hall–Kier alpha value is -2.32. The van der Waals surface area contributed by atoms with Crippen molar-refractivity contribution in [3.63, 3.8) is 0 Å². The molecule has 1 aromatic carbocycles. The van der Waals surface area contributed by atoms with Crippen molar-refractivity contribution in [1.82, 2.24) is 4.90 Å². The van der Waals surface area contributed by atoms with Crippen molar-refractivity contribution >= 4 is 11.6 Å². The number of benzene rings is 1. The monoisotopic (exact) mass is 292 g/mol. The lowest BCUT2D eigenvalue weighted by atomic mass is 10.1. The minimum Gasteiger partial charge on any atom is -0.502 e. The van der Waals surface area contributed by atoms with Crippen LogP contribution in [0.15, 0.2) is 18.2 Å². The predicted octanol–water partition coefficient (Wildman–Crippen LogP) is 2.32. The fourth-order valence-corrected chi connectivity index (χ4v) is 1.45. The van der Waals surface area contributed by atoms with Crippen molar-refractivity contribution in [1.29, 1.82) is 0 Å². The Labute approximate surface area is 111 Å². The topological polar surface area (TPSA) is 83.7 Å². The van der Waals surface area contributed by atoms with Crippen LogP contribution >= 0.6 is 0 Å². The van der Waals surface area contributed by atoms with E-state index in [1.165, 1.54) is 6.07 Å². The quantitative estimate of drug-likeness (QED) is 0.682. The van der Waals surface area contributed by atoms with Crippen LogP contribution in [-0.4, -0.2) is 40.6 Å². The molecule has 1 amide bonds. The summed E-state index contributed by atoms with van der Waals surface area (Å²) in [5, 5.41) is 20.2. The molecule has 0 heterocycles. The Bertz CT molecular complexity index is 531. The number of halogens is 3. The summed E-state index contributed by atoms with van der Waals surface area (Å²) in [5.41, 5.74) is -1.09. The fraction of sp³-hybridized carbons (Fsp3) is 0.364. The Kier molecular flexibility index (Phi) is 4.53. The zero-order valence-electron chi connectivity index (χ0n) is 10.3. The molecule has 0 atom stereocenters. The first-order valence-electron chi connectivity index (χ1n) is 5.42. The molecular weight excluding hydrogens is 281 g/mol. The highest BCUT2D eigenvalue weighted by Gasteiger charge is 2.29. The van der Waals surface area contributed by atoms with Crippen molar-refractivity contribution in [2.24, 2.45) is 0 Å². The zero-order valence-corrected chi connectivity index (χ0v) is 10.3. The third-order valence-corrected chi connectivity index (χ3v) is 2.52. The third kappa shape index (κ3) is 3.84. The van der Waals surface area contributed by atoms with E-state index in [1.54, 1.807) is 0 Å². The molecule has 0 fully saturated rings. The van der Waals surface area contributed by atoms with E-state index < -0.39 is 47.0 Å². The molecule has 0 aliphatic carbocycles. The standard InChI is InChI=1S/C11H11F3N2O4/c1-15(6-5-11(12,13)14)10(18)7-3-2-4-8(9(7)17)16(19)20/h2-4,17H,5-6H2,1H3. The molecule has 9 heteroatoms. The lowest BCUT2D eigenvalue weighted by Crippen LogP contribution is -2.30. The second-order valence-electron chi connectivity index (χ2n) is 4.02. The van der Waals surface area contributed by atoms with Gasteiger partial charge in [-0.2, -0.15) is 13.2 Å². The number of amides is 1. The SMILES string of the molecule is CN(CCC(F)(F)F)C(=O)c1cccc([N+](=O)[O-])c1O. The second kappa shape index (κ2) is 5.76. The number of nitro benzene ring substituents is 1. The van der Waals surface area contributed by atoms with Gasteiger partial charge in [-0.05, 0) is 6.07 Å². The van der Waals surface area contributed by atoms with Gasteiger partial charge in [0.05, 0.1) is 16.9 Å². The number of nitro groups is 1. The van der Waals surface area contributed by atoms with E-state index in [0.717, 1.165) is 24.1 Å². The van der Waals surface area contributed by atoms with Crippen LogP contribution in [0.25, 0.3) is 0 Å². The summed E-state index contributed by atoms with van der Waals surface area (Å²) in [4.78, 5) is 22.3. The Morgan fingerprint density at radius 2 is 2.05 bits per heavy atom. The molecule has 1 N–H and O–H groups in total. The number of phenols is 1. The smallest absolute Gasteiger partial charge is 0.390 e.